The molecule has 0 aliphatic heterocycles. The van der Waals surface area contributed by atoms with Crippen LogP contribution in [0.1, 0.15) is 21.5 Å². The molecule has 0 spiro atoms. The molecule has 3 nitrogen and oxygen atoms in total. The Morgan fingerprint density at radius 2 is 1.63 bits per heavy atom. The molecule has 0 radical (unpaired) electrons. The molecule has 1 rings (SSSR count). The van der Waals surface area contributed by atoms with Crippen molar-refractivity contribution in [1.82, 2.24) is 0 Å². The van der Waals surface area contributed by atoms with E-state index in [-0.39, 0.29) is 12.1 Å². The highest BCUT2D eigenvalue weighted by atomic mass is 19.4. The number of rotatable bonds is 1. The van der Waals surface area contributed by atoms with Crippen LogP contribution in [0.3, 0.4) is 0 Å². The monoisotopic (exact) mass is 288 g/mol. The Kier molecular flexibility index (Phi) is 3.69. The van der Waals surface area contributed by atoms with E-state index in [9.17, 15) is 31.1 Å². The lowest BCUT2D eigenvalue weighted by atomic mass is 9.99. The van der Waals surface area contributed by atoms with Crippen LogP contribution in [0.2, 0.25) is 0 Å². The van der Waals surface area contributed by atoms with E-state index in [1.807, 2.05) is 0 Å². The van der Waals surface area contributed by atoms with Crippen molar-refractivity contribution < 1.29 is 41.0 Å². The highest BCUT2D eigenvalue weighted by Gasteiger charge is 2.45. The maximum atomic E-state index is 12.6. The Balaban J connectivity index is 3.76. The zero-order valence-electron chi connectivity index (χ0n) is 9.19. The average molecular weight is 288 g/mol. The number of carbonyl (C=O) groups is 1. The molecule has 0 saturated heterocycles. The summed E-state index contributed by atoms with van der Waals surface area (Å²) >= 11 is 0. The SMILES string of the molecule is COC(=O)c1c(C(F)(F)F)ccc(O)c1C(F)(F)F. The van der Waals surface area contributed by atoms with Crippen LogP contribution in [0, 0.1) is 0 Å². The van der Waals surface area contributed by atoms with Crippen molar-refractivity contribution in [2.45, 2.75) is 12.4 Å². The number of benzene rings is 1. The first-order valence-corrected chi connectivity index (χ1v) is 4.58. The standard InChI is InChI=1S/C10H6F6O3/c1-19-8(18)6-4(9(11,12)13)2-3-5(17)7(6)10(14,15)16/h2-3,17H,1H3. The number of ether oxygens (including phenoxy) is 1. The van der Waals surface area contributed by atoms with Crippen LogP contribution >= 0.6 is 0 Å². The second-order valence-electron chi connectivity index (χ2n) is 3.37. The fourth-order valence-corrected chi connectivity index (χ4v) is 1.43. The number of esters is 1. The Morgan fingerprint density at radius 3 is 2.00 bits per heavy atom. The van der Waals surface area contributed by atoms with Gasteiger partial charge >= 0.3 is 18.3 Å². The summed E-state index contributed by atoms with van der Waals surface area (Å²) in [6.07, 6.45) is -10.5. The van der Waals surface area contributed by atoms with Crippen molar-refractivity contribution in [2.24, 2.45) is 0 Å². The number of hydrogen-bond acceptors (Lipinski definition) is 3. The first kappa shape index (κ1) is 15.1. The summed E-state index contributed by atoms with van der Waals surface area (Å²) in [7, 11) is 0.632. The lowest BCUT2D eigenvalue weighted by Crippen LogP contribution is -2.21. The lowest BCUT2D eigenvalue weighted by Gasteiger charge is -2.18. The van der Waals surface area contributed by atoms with Gasteiger partial charge in [0.1, 0.15) is 11.3 Å². The maximum Gasteiger partial charge on any atom is 0.420 e. The van der Waals surface area contributed by atoms with E-state index >= 15 is 0 Å². The third-order valence-electron chi connectivity index (χ3n) is 2.16. The van der Waals surface area contributed by atoms with Crippen LogP contribution in [0.5, 0.6) is 5.75 Å². The molecule has 1 aromatic rings. The van der Waals surface area contributed by atoms with Gasteiger partial charge in [-0.25, -0.2) is 4.79 Å². The summed E-state index contributed by atoms with van der Waals surface area (Å²) in [6, 6.07) is 0.398. The summed E-state index contributed by atoms with van der Waals surface area (Å²) < 4.78 is 79.6. The zero-order chi connectivity index (χ0) is 15.0. The topological polar surface area (TPSA) is 46.5 Å². The maximum absolute atomic E-state index is 12.6. The first-order valence-electron chi connectivity index (χ1n) is 4.58. The average Bonchev–Trinajstić information content (AvgIpc) is 2.24. The fourth-order valence-electron chi connectivity index (χ4n) is 1.43. The summed E-state index contributed by atoms with van der Waals surface area (Å²) in [5, 5.41) is 9.07. The van der Waals surface area contributed by atoms with Gasteiger partial charge in [0.15, 0.2) is 0 Å². The second-order valence-corrected chi connectivity index (χ2v) is 3.37. The molecule has 0 saturated carbocycles. The van der Waals surface area contributed by atoms with Crippen molar-refractivity contribution in [3.63, 3.8) is 0 Å². The van der Waals surface area contributed by atoms with Crippen LogP contribution in [-0.4, -0.2) is 18.2 Å². The smallest absolute Gasteiger partial charge is 0.420 e. The zero-order valence-corrected chi connectivity index (χ0v) is 9.19. The molecular formula is C10H6F6O3. The summed E-state index contributed by atoms with van der Waals surface area (Å²) in [4.78, 5) is 11.2. The van der Waals surface area contributed by atoms with Gasteiger partial charge in [-0.1, -0.05) is 0 Å². The third kappa shape index (κ3) is 2.91. The van der Waals surface area contributed by atoms with Gasteiger partial charge in [-0.3, -0.25) is 0 Å². The van der Waals surface area contributed by atoms with E-state index in [4.69, 9.17) is 5.11 Å². The number of methoxy groups -OCH3 is 1. The van der Waals surface area contributed by atoms with Gasteiger partial charge in [-0.2, -0.15) is 26.3 Å². The Hall–Kier alpha value is -1.93. The minimum absolute atomic E-state index is 0.177. The molecular weight excluding hydrogens is 282 g/mol. The van der Waals surface area contributed by atoms with Crippen LogP contribution < -0.4 is 0 Å². The molecule has 1 aromatic carbocycles. The number of halogens is 6. The van der Waals surface area contributed by atoms with E-state index < -0.39 is 40.8 Å². The number of aromatic hydroxyl groups is 1. The molecule has 0 atom stereocenters. The molecule has 9 heteroatoms. The van der Waals surface area contributed by atoms with E-state index in [1.165, 1.54) is 0 Å². The van der Waals surface area contributed by atoms with Crippen molar-refractivity contribution in [2.75, 3.05) is 7.11 Å². The highest BCUT2D eigenvalue weighted by Crippen LogP contribution is 2.43. The largest absolute Gasteiger partial charge is 0.507 e. The lowest BCUT2D eigenvalue weighted by molar-refractivity contribution is -0.144. The molecule has 0 aliphatic rings. The van der Waals surface area contributed by atoms with Gasteiger partial charge in [-0.05, 0) is 12.1 Å². The van der Waals surface area contributed by atoms with E-state index in [1.54, 1.807) is 0 Å². The number of phenolic OH excluding ortho intramolecular Hbond substituents is 1. The predicted octanol–water partition coefficient (Wildman–Crippen LogP) is 3.22. The molecule has 0 heterocycles. The predicted molar refractivity (Wildman–Crippen MR) is 49.5 cm³/mol. The van der Waals surface area contributed by atoms with Gasteiger partial charge < -0.3 is 9.84 Å². The summed E-state index contributed by atoms with van der Waals surface area (Å²) in [5.74, 6) is -3.32. The second kappa shape index (κ2) is 4.63. The minimum atomic E-state index is -5.34. The van der Waals surface area contributed by atoms with Crippen LogP contribution in [0.25, 0.3) is 0 Å². The highest BCUT2D eigenvalue weighted by molar-refractivity contribution is 5.94. The number of phenols is 1. The van der Waals surface area contributed by atoms with Crippen molar-refractivity contribution in [3.8, 4) is 5.75 Å². The normalized spacial score (nSPS) is 12.4. The van der Waals surface area contributed by atoms with Crippen molar-refractivity contribution >= 4 is 5.97 Å². The Labute approximate surface area is 102 Å². The molecule has 0 unspecified atom stereocenters. The van der Waals surface area contributed by atoms with Crippen molar-refractivity contribution in [1.29, 1.82) is 0 Å². The van der Waals surface area contributed by atoms with Crippen molar-refractivity contribution in [3.05, 3.63) is 28.8 Å². The van der Waals surface area contributed by atoms with Gasteiger partial charge in [-0.15, -0.1) is 0 Å². The molecule has 106 valence electrons. The van der Waals surface area contributed by atoms with E-state index in [2.05, 4.69) is 4.74 Å². The third-order valence-corrected chi connectivity index (χ3v) is 2.16. The summed E-state index contributed by atoms with van der Waals surface area (Å²) in [6.45, 7) is 0. The Morgan fingerprint density at radius 1 is 1.11 bits per heavy atom. The van der Waals surface area contributed by atoms with Gasteiger partial charge in [0.2, 0.25) is 0 Å². The van der Waals surface area contributed by atoms with Crippen LogP contribution in [0.15, 0.2) is 12.1 Å². The molecule has 0 amide bonds. The number of alkyl halides is 6. The number of carbonyl (C=O) groups excluding carboxylic acids is 1. The van der Waals surface area contributed by atoms with Crippen LogP contribution in [0.4, 0.5) is 26.3 Å². The first-order chi connectivity index (χ1) is 8.50. The fraction of sp³-hybridized carbons (Fsp3) is 0.300. The molecule has 0 bridgehead atoms. The summed E-state index contributed by atoms with van der Waals surface area (Å²) in [5.41, 5.74) is -5.67. The molecule has 0 aliphatic carbocycles. The van der Waals surface area contributed by atoms with Gasteiger partial charge in [0.25, 0.3) is 0 Å². The molecule has 0 aromatic heterocycles. The number of hydrogen-bond donors (Lipinski definition) is 1. The minimum Gasteiger partial charge on any atom is -0.507 e. The Bertz CT molecular complexity index is 503. The van der Waals surface area contributed by atoms with Gasteiger partial charge in [0.05, 0.1) is 18.2 Å². The molecule has 19 heavy (non-hydrogen) atoms. The van der Waals surface area contributed by atoms with Crippen LogP contribution in [-0.2, 0) is 17.1 Å². The quantitative estimate of drug-likeness (QED) is 0.637. The van der Waals surface area contributed by atoms with E-state index in [0.29, 0.717) is 7.11 Å². The van der Waals surface area contributed by atoms with Gasteiger partial charge in [0, 0.05) is 0 Å². The van der Waals surface area contributed by atoms with E-state index in [0.717, 1.165) is 0 Å². The molecule has 1 N–H and O–H groups in total. The molecule has 0 fully saturated rings.